The Morgan fingerprint density at radius 1 is 1.08 bits per heavy atom. The number of hydrogen-bond acceptors (Lipinski definition) is 2. The van der Waals surface area contributed by atoms with E-state index in [9.17, 15) is 10.2 Å². The zero-order valence-electron chi connectivity index (χ0n) is 8.95. The summed E-state index contributed by atoms with van der Waals surface area (Å²) in [5.74, 6) is 0.328. The van der Waals surface area contributed by atoms with Gasteiger partial charge in [-0.05, 0) is 24.2 Å². The summed E-state index contributed by atoms with van der Waals surface area (Å²) in [7, 11) is 0. The fourth-order valence-electron chi connectivity index (χ4n) is 2.07. The molecule has 2 unspecified atom stereocenters. The molecule has 0 spiro atoms. The summed E-state index contributed by atoms with van der Waals surface area (Å²) in [4.78, 5) is 0. The van der Waals surface area contributed by atoms with Gasteiger partial charge < -0.3 is 10.2 Å². The quantitative estimate of drug-likeness (QED) is 0.692. The lowest BCUT2D eigenvalue weighted by molar-refractivity contribution is -0.0693. The summed E-state index contributed by atoms with van der Waals surface area (Å²) < 4.78 is 0. The smallest absolute Gasteiger partial charge is 0.0849 e. The Bertz CT molecular complexity index is 154. The summed E-state index contributed by atoms with van der Waals surface area (Å²) in [6.07, 6.45) is 3.46. The van der Waals surface area contributed by atoms with Crippen molar-refractivity contribution in [3.8, 4) is 0 Å². The standard InChI is InChI=1S/C11H22O2/c1-11(2,3)10(13)9(12)8-6-4-5-7-8/h8-10,12-13H,4-7H2,1-3H3. The SMILES string of the molecule is CC(C)(C)C(O)C(O)C1CCCC1. The Balaban J connectivity index is 2.50. The Hall–Kier alpha value is -0.0800. The fraction of sp³-hybridized carbons (Fsp3) is 1.00. The molecule has 0 heterocycles. The molecule has 0 radical (unpaired) electrons. The first kappa shape index (κ1) is 11.0. The molecule has 1 rings (SSSR count). The van der Waals surface area contributed by atoms with Gasteiger partial charge in [0.15, 0.2) is 0 Å². The Labute approximate surface area is 81.0 Å². The van der Waals surface area contributed by atoms with E-state index in [4.69, 9.17) is 0 Å². The summed E-state index contributed by atoms with van der Waals surface area (Å²) in [6.45, 7) is 5.90. The largest absolute Gasteiger partial charge is 0.390 e. The van der Waals surface area contributed by atoms with E-state index in [-0.39, 0.29) is 5.41 Å². The molecule has 78 valence electrons. The highest BCUT2D eigenvalue weighted by atomic mass is 16.3. The molecule has 13 heavy (non-hydrogen) atoms. The van der Waals surface area contributed by atoms with E-state index in [1.54, 1.807) is 0 Å². The summed E-state index contributed by atoms with van der Waals surface area (Å²) in [6, 6.07) is 0. The maximum Gasteiger partial charge on any atom is 0.0849 e. The third-order valence-electron chi connectivity index (χ3n) is 3.09. The molecule has 0 aromatic rings. The molecule has 1 fully saturated rings. The van der Waals surface area contributed by atoms with Crippen LogP contribution in [0.15, 0.2) is 0 Å². The van der Waals surface area contributed by atoms with E-state index in [2.05, 4.69) is 0 Å². The molecule has 1 saturated carbocycles. The molecule has 2 nitrogen and oxygen atoms in total. The monoisotopic (exact) mass is 186 g/mol. The molecule has 1 aliphatic carbocycles. The van der Waals surface area contributed by atoms with Crippen LogP contribution in [0.25, 0.3) is 0 Å². The molecule has 2 atom stereocenters. The lowest BCUT2D eigenvalue weighted by Crippen LogP contribution is -2.41. The first-order valence-corrected chi connectivity index (χ1v) is 5.29. The van der Waals surface area contributed by atoms with Gasteiger partial charge in [0.1, 0.15) is 0 Å². The number of hydrogen-bond donors (Lipinski definition) is 2. The van der Waals surface area contributed by atoms with Crippen LogP contribution in [0.1, 0.15) is 46.5 Å². The van der Waals surface area contributed by atoms with E-state index in [1.165, 1.54) is 12.8 Å². The van der Waals surface area contributed by atoms with Crippen LogP contribution in [-0.4, -0.2) is 22.4 Å². The van der Waals surface area contributed by atoms with Gasteiger partial charge in [0.2, 0.25) is 0 Å². The highest BCUT2D eigenvalue weighted by Gasteiger charge is 2.35. The lowest BCUT2D eigenvalue weighted by atomic mass is 9.81. The second kappa shape index (κ2) is 3.97. The third kappa shape index (κ3) is 2.68. The molecular weight excluding hydrogens is 164 g/mol. The van der Waals surface area contributed by atoms with Gasteiger partial charge in [-0.25, -0.2) is 0 Å². The van der Waals surface area contributed by atoms with E-state index in [1.807, 2.05) is 20.8 Å². The molecule has 0 aliphatic heterocycles. The molecule has 0 aromatic heterocycles. The van der Waals surface area contributed by atoms with E-state index >= 15 is 0 Å². The number of aliphatic hydroxyl groups excluding tert-OH is 2. The van der Waals surface area contributed by atoms with Crippen molar-refractivity contribution in [3.05, 3.63) is 0 Å². The van der Waals surface area contributed by atoms with Gasteiger partial charge in [-0.3, -0.25) is 0 Å². The second-order valence-corrected chi connectivity index (χ2v) is 5.35. The number of aliphatic hydroxyl groups is 2. The van der Waals surface area contributed by atoms with Gasteiger partial charge in [-0.1, -0.05) is 33.6 Å². The van der Waals surface area contributed by atoms with Crippen molar-refractivity contribution in [2.45, 2.75) is 58.7 Å². The van der Waals surface area contributed by atoms with Crippen LogP contribution >= 0.6 is 0 Å². The molecule has 2 N–H and O–H groups in total. The van der Waals surface area contributed by atoms with Crippen molar-refractivity contribution in [1.29, 1.82) is 0 Å². The van der Waals surface area contributed by atoms with Crippen LogP contribution in [0, 0.1) is 11.3 Å². The molecular formula is C11H22O2. The van der Waals surface area contributed by atoms with Gasteiger partial charge in [-0.15, -0.1) is 0 Å². The molecule has 0 aromatic carbocycles. The zero-order chi connectivity index (χ0) is 10.1. The summed E-state index contributed by atoms with van der Waals surface area (Å²) in [5, 5.41) is 19.8. The minimum absolute atomic E-state index is 0.206. The molecule has 0 bridgehead atoms. The molecule has 0 saturated heterocycles. The maximum atomic E-state index is 9.90. The average Bonchev–Trinajstić information content (AvgIpc) is 2.51. The fourth-order valence-corrected chi connectivity index (χ4v) is 2.07. The second-order valence-electron chi connectivity index (χ2n) is 5.35. The highest BCUT2D eigenvalue weighted by Crippen LogP contribution is 2.33. The van der Waals surface area contributed by atoms with Gasteiger partial charge in [0.05, 0.1) is 12.2 Å². The topological polar surface area (TPSA) is 40.5 Å². The first-order valence-electron chi connectivity index (χ1n) is 5.29. The van der Waals surface area contributed by atoms with Crippen molar-refractivity contribution in [2.24, 2.45) is 11.3 Å². The van der Waals surface area contributed by atoms with Gasteiger partial charge in [-0.2, -0.15) is 0 Å². The molecule has 2 heteroatoms. The van der Waals surface area contributed by atoms with E-state index in [0.717, 1.165) is 12.8 Å². The third-order valence-corrected chi connectivity index (χ3v) is 3.09. The van der Waals surface area contributed by atoms with Crippen molar-refractivity contribution in [3.63, 3.8) is 0 Å². The normalized spacial score (nSPS) is 24.7. The molecule has 1 aliphatic rings. The van der Waals surface area contributed by atoms with Gasteiger partial charge in [0, 0.05) is 0 Å². The molecule has 0 amide bonds. The van der Waals surface area contributed by atoms with Crippen LogP contribution in [0.2, 0.25) is 0 Å². The Morgan fingerprint density at radius 3 is 1.92 bits per heavy atom. The first-order chi connectivity index (χ1) is 5.93. The lowest BCUT2D eigenvalue weighted by Gasteiger charge is -2.33. The Morgan fingerprint density at radius 2 is 1.54 bits per heavy atom. The summed E-state index contributed by atoms with van der Waals surface area (Å²) >= 11 is 0. The van der Waals surface area contributed by atoms with Gasteiger partial charge >= 0.3 is 0 Å². The van der Waals surface area contributed by atoms with Crippen molar-refractivity contribution in [1.82, 2.24) is 0 Å². The van der Waals surface area contributed by atoms with Crippen LogP contribution < -0.4 is 0 Å². The van der Waals surface area contributed by atoms with Crippen LogP contribution in [0.5, 0.6) is 0 Å². The highest BCUT2D eigenvalue weighted by molar-refractivity contribution is 4.86. The van der Waals surface area contributed by atoms with E-state index in [0.29, 0.717) is 5.92 Å². The number of rotatable bonds is 2. The minimum atomic E-state index is -0.587. The van der Waals surface area contributed by atoms with Crippen LogP contribution in [-0.2, 0) is 0 Å². The van der Waals surface area contributed by atoms with Crippen LogP contribution in [0.4, 0.5) is 0 Å². The average molecular weight is 186 g/mol. The van der Waals surface area contributed by atoms with Crippen LogP contribution in [0.3, 0.4) is 0 Å². The van der Waals surface area contributed by atoms with Crippen molar-refractivity contribution >= 4 is 0 Å². The van der Waals surface area contributed by atoms with Crippen molar-refractivity contribution < 1.29 is 10.2 Å². The summed E-state index contributed by atoms with van der Waals surface area (Å²) in [5.41, 5.74) is -0.206. The van der Waals surface area contributed by atoms with Gasteiger partial charge in [0.25, 0.3) is 0 Å². The minimum Gasteiger partial charge on any atom is -0.390 e. The predicted molar refractivity (Wildman–Crippen MR) is 53.4 cm³/mol. The zero-order valence-corrected chi connectivity index (χ0v) is 8.95. The van der Waals surface area contributed by atoms with Crippen molar-refractivity contribution in [2.75, 3.05) is 0 Å². The maximum absolute atomic E-state index is 9.90. The van der Waals surface area contributed by atoms with E-state index < -0.39 is 12.2 Å². The predicted octanol–water partition coefficient (Wildman–Crippen LogP) is 1.94. The Kier molecular flexibility index (Phi) is 3.36.